The number of fused-ring (bicyclic) bond motifs is 1. The van der Waals surface area contributed by atoms with Crippen LogP contribution in [-0.4, -0.2) is 53.4 Å². The van der Waals surface area contributed by atoms with Gasteiger partial charge >= 0.3 is 0 Å². The van der Waals surface area contributed by atoms with Gasteiger partial charge in [0.1, 0.15) is 5.82 Å². The molecule has 0 aliphatic carbocycles. The van der Waals surface area contributed by atoms with E-state index in [2.05, 4.69) is 37.6 Å². The van der Waals surface area contributed by atoms with Gasteiger partial charge in [0.25, 0.3) is 5.91 Å². The fourth-order valence-electron chi connectivity index (χ4n) is 3.41. The number of rotatable bonds is 4. The molecule has 1 saturated heterocycles. The summed E-state index contributed by atoms with van der Waals surface area (Å²) in [5.41, 5.74) is 3.48. The molecule has 27 heavy (non-hydrogen) atoms. The van der Waals surface area contributed by atoms with Crippen molar-refractivity contribution in [3.63, 3.8) is 0 Å². The Hall–Kier alpha value is -2.16. The first kappa shape index (κ1) is 19.6. The lowest BCUT2D eigenvalue weighted by Crippen LogP contribution is -2.41. The number of pyridine rings is 1. The maximum Gasteiger partial charge on any atom is 0.272 e. The maximum atomic E-state index is 12.4. The molecule has 9 heteroatoms. The highest BCUT2D eigenvalue weighted by Gasteiger charge is 2.21. The van der Waals surface area contributed by atoms with Crippen molar-refractivity contribution in [2.75, 3.05) is 31.1 Å². The highest BCUT2D eigenvalue weighted by Crippen LogP contribution is 2.17. The molecule has 2 aromatic rings. The number of carbonyl (C=O) groups is 1. The molecule has 146 valence electrons. The summed E-state index contributed by atoms with van der Waals surface area (Å²) in [5.74, 6) is 0.792. The van der Waals surface area contributed by atoms with E-state index in [9.17, 15) is 4.79 Å². The fraction of sp³-hybridized carbons (Fsp3) is 0.500. The van der Waals surface area contributed by atoms with Crippen LogP contribution in [0.2, 0.25) is 0 Å². The molecule has 2 aliphatic heterocycles. The van der Waals surface area contributed by atoms with E-state index in [4.69, 9.17) is 4.74 Å². The average Bonchev–Trinajstić information content (AvgIpc) is 3.11. The van der Waals surface area contributed by atoms with Crippen LogP contribution in [-0.2, 0) is 24.2 Å². The lowest BCUT2D eigenvalue weighted by Gasteiger charge is -2.32. The summed E-state index contributed by atoms with van der Waals surface area (Å²) in [5, 5.41) is 13.4. The van der Waals surface area contributed by atoms with Crippen molar-refractivity contribution >= 4 is 24.1 Å². The molecule has 4 rings (SSSR count). The first-order chi connectivity index (χ1) is 12.7. The fourth-order valence-corrected chi connectivity index (χ4v) is 3.41. The number of H-pyrrole nitrogens is 1. The first-order valence-electron chi connectivity index (χ1n) is 9.07. The van der Waals surface area contributed by atoms with Crippen LogP contribution in [0.5, 0.6) is 0 Å². The summed E-state index contributed by atoms with van der Waals surface area (Å²) in [7, 11) is 0. The van der Waals surface area contributed by atoms with Gasteiger partial charge in [-0.1, -0.05) is 6.07 Å². The van der Waals surface area contributed by atoms with E-state index in [0.717, 1.165) is 55.3 Å². The normalized spacial score (nSPS) is 19.1. The topological polar surface area (TPSA) is 95.2 Å². The zero-order chi connectivity index (χ0) is 17.9. The molecular weight excluding hydrogens is 368 g/mol. The Morgan fingerprint density at radius 1 is 1.44 bits per heavy atom. The monoisotopic (exact) mass is 392 g/mol. The highest BCUT2D eigenvalue weighted by atomic mass is 35.5. The van der Waals surface area contributed by atoms with E-state index in [-0.39, 0.29) is 24.4 Å². The minimum absolute atomic E-state index is 0. The van der Waals surface area contributed by atoms with Crippen LogP contribution in [0.4, 0.5) is 5.82 Å². The Bertz CT molecular complexity index is 779. The third kappa shape index (κ3) is 4.40. The van der Waals surface area contributed by atoms with E-state index < -0.39 is 0 Å². The van der Waals surface area contributed by atoms with Gasteiger partial charge in [-0.25, -0.2) is 4.98 Å². The predicted octanol–water partition coefficient (Wildman–Crippen LogP) is 1.03. The molecule has 2 aromatic heterocycles. The van der Waals surface area contributed by atoms with Crippen molar-refractivity contribution in [1.29, 1.82) is 0 Å². The number of hydrogen-bond donors (Lipinski definition) is 3. The maximum absolute atomic E-state index is 12.4. The summed E-state index contributed by atoms with van der Waals surface area (Å²) in [6.45, 7) is 6.52. The van der Waals surface area contributed by atoms with Gasteiger partial charge in [-0.05, 0) is 18.6 Å². The van der Waals surface area contributed by atoms with Crippen molar-refractivity contribution < 1.29 is 9.53 Å². The van der Waals surface area contributed by atoms with Gasteiger partial charge in [0.05, 0.1) is 12.7 Å². The van der Waals surface area contributed by atoms with E-state index >= 15 is 0 Å². The second kappa shape index (κ2) is 8.69. The van der Waals surface area contributed by atoms with Gasteiger partial charge < -0.3 is 20.3 Å². The molecule has 8 nitrogen and oxygen atoms in total. The first-order valence-corrected chi connectivity index (χ1v) is 9.07. The molecule has 0 aromatic carbocycles. The van der Waals surface area contributed by atoms with Crippen LogP contribution in [0.3, 0.4) is 0 Å². The van der Waals surface area contributed by atoms with Crippen molar-refractivity contribution in [2.45, 2.75) is 32.5 Å². The van der Waals surface area contributed by atoms with E-state index in [0.29, 0.717) is 18.8 Å². The SMILES string of the molecule is CC1CN(c2ccc(CNC(=O)c3n[nH]c4c3CNCC4)cn2)CCO1.Cl. The highest BCUT2D eigenvalue weighted by molar-refractivity contribution is 5.94. The molecular formula is C18H25ClN6O2. The number of hydrogen-bond acceptors (Lipinski definition) is 6. The standard InChI is InChI=1S/C18H24N6O2.ClH/c1-12-11-24(6-7-26-12)16-3-2-13(8-20-16)9-21-18(25)17-14-10-19-5-4-15(14)22-23-17;/h2-3,8,12,19H,4-7,9-11H2,1H3,(H,21,25)(H,22,23);1H. The molecule has 1 unspecified atom stereocenters. The Morgan fingerprint density at radius 2 is 2.33 bits per heavy atom. The van der Waals surface area contributed by atoms with Gasteiger partial charge in [0, 0.05) is 56.6 Å². The van der Waals surface area contributed by atoms with Gasteiger partial charge in [0.2, 0.25) is 0 Å². The zero-order valence-corrected chi connectivity index (χ0v) is 16.1. The molecule has 1 fully saturated rings. The average molecular weight is 393 g/mol. The van der Waals surface area contributed by atoms with E-state index in [1.807, 2.05) is 18.3 Å². The third-order valence-electron chi connectivity index (χ3n) is 4.85. The number of nitrogens with zero attached hydrogens (tertiary/aromatic N) is 3. The van der Waals surface area contributed by atoms with Crippen LogP contribution in [0, 0.1) is 0 Å². The minimum atomic E-state index is -0.155. The summed E-state index contributed by atoms with van der Waals surface area (Å²) in [6.07, 6.45) is 2.91. The third-order valence-corrected chi connectivity index (χ3v) is 4.85. The second-order valence-electron chi connectivity index (χ2n) is 6.79. The lowest BCUT2D eigenvalue weighted by atomic mass is 10.1. The minimum Gasteiger partial charge on any atom is -0.375 e. The molecule has 0 bridgehead atoms. The number of morpholine rings is 1. The second-order valence-corrected chi connectivity index (χ2v) is 6.79. The predicted molar refractivity (Wildman–Crippen MR) is 104 cm³/mol. The van der Waals surface area contributed by atoms with Crippen LogP contribution in [0.1, 0.15) is 34.2 Å². The number of anilines is 1. The lowest BCUT2D eigenvalue weighted by molar-refractivity contribution is 0.0529. The Labute approximate surface area is 164 Å². The number of nitrogens with one attached hydrogen (secondary N) is 3. The van der Waals surface area contributed by atoms with Crippen LogP contribution >= 0.6 is 12.4 Å². The Morgan fingerprint density at radius 3 is 3.11 bits per heavy atom. The van der Waals surface area contributed by atoms with Crippen molar-refractivity contribution in [1.82, 2.24) is 25.8 Å². The zero-order valence-electron chi connectivity index (χ0n) is 15.3. The molecule has 1 amide bonds. The number of carbonyl (C=O) groups excluding carboxylic acids is 1. The summed E-state index contributed by atoms with van der Waals surface area (Å²) < 4.78 is 5.56. The van der Waals surface area contributed by atoms with Crippen molar-refractivity contribution in [3.8, 4) is 0 Å². The van der Waals surface area contributed by atoms with E-state index in [1.54, 1.807) is 0 Å². The van der Waals surface area contributed by atoms with E-state index in [1.165, 1.54) is 0 Å². The largest absolute Gasteiger partial charge is 0.375 e. The van der Waals surface area contributed by atoms with Gasteiger partial charge in [-0.2, -0.15) is 5.10 Å². The Balaban J connectivity index is 0.00000210. The molecule has 4 heterocycles. The van der Waals surface area contributed by atoms with Gasteiger partial charge in [-0.15, -0.1) is 12.4 Å². The number of aromatic nitrogens is 3. The molecule has 1 atom stereocenters. The van der Waals surface area contributed by atoms with Crippen molar-refractivity contribution in [3.05, 3.63) is 40.8 Å². The quantitative estimate of drug-likeness (QED) is 0.719. The molecule has 0 spiro atoms. The molecule has 0 radical (unpaired) electrons. The summed E-state index contributed by atoms with van der Waals surface area (Å²) in [4.78, 5) is 19.2. The molecule has 3 N–H and O–H groups in total. The molecule has 0 saturated carbocycles. The summed E-state index contributed by atoms with van der Waals surface area (Å²) >= 11 is 0. The van der Waals surface area contributed by atoms with Gasteiger partial charge in [-0.3, -0.25) is 9.89 Å². The van der Waals surface area contributed by atoms with Crippen LogP contribution in [0.15, 0.2) is 18.3 Å². The summed E-state index contributed by atoms with van der Waals surface area (Å²) in [6, 6.07) is 4.00. The van der Waals surface area contributed by atoms with Crippen LogP contribution in [0.25, 0.3) is 0 Å². The number of halogens is 1. The van der Waals surface area contributed by atoms with Gasteiger partial charge in [0.15, 0.2) is 5.69 Å². The number of amides is 1. The number of aromatic amines is 1. The Kier molecular flexibility index (Phi) is 6.30. The van der Waals surface area contributed by atoms with Crippen molar-refractivity contribution in [2.24, 2.45) is 0 Å². The number of ether oxygens (including phenoxy) is 1. The molecule has 2 aliphatic rings. The smallest absolute Gasteiger partial charge is 0.272 e. The van der Waals surface area contributed by atoms with Crippen LogP contribution < -0.4 is 15.5 Å².